The van der Waals surface area contributed by atoms with E-state index in [1.165, 1.54) is 122 Å². The molecule has 2 heterocycles. The van der Waals surface area contributed by atoms with Gasteiger partial charge in [-0.15, -0.1) is 0 Å². The van der Waals surface area contributed by atoms with Crippen LogP contribution in [0, 0.1) is 0 Å². The third-order valence-corrected chi connectivity index (χ3v) is 20.2. The number of hydrogen-bond donors (Lipinski definition) is 0. The van der Waals surface area contributed by atoms with Crippen LogP contribution in [-0.2, 0) is 21.7 Å². The lowest BCUT2D eigenvalue weighted by molar-refractivity contribution is 0.464. The van der Waals surface area contributed by atoms with E-state index < -0.39 is 10.8 Å². The van der Waals surface area contributed by atoms with Crippen molar-refractivity contribution in [2.45, 2.75) is 63.2 Å². The molecule has 2 nitrogen and oxygen atoms in total. The van der Waals surface area contributed by atoms with Crippen LogP contribution < -0.4 is 25.9 Å². The summed E-state index contributed by atoms with van der Waals surface area (Å²) in [6, 6.07) is 94.8. The molecule has 0 amide bonds. The second kappa shape index (κ2) is 17.0. The van der Waals surface area contributed by atoms with Gasteiger partial charge in [0.1, 0.15) is 23.0 Å². The maximum Gasteiger partial charge on any atom is 0.260 e. The van der Waals surface area contributed by atoms with Crippen molar-refractivity contribution in [1.29, 1.82) is 0 Å². The Hall–Kier alpha value is -9.70. The number of benzene rings is 12. The number of ether oxygens (including phenoxy) is 2. The van der Waals surface area contributed by atoms with E-state index in [1.54, 1.807) is 0 Å². The lowest BCUT2D eigenvalue weighted by atomic mass is 9.34. The zero-order valence-electron chi connectivity index (χ0n) is 48.6. The fraction of sp³-hybridized carbons (Fsp3) is 0.122. The van der Waals surface area contributed by atoms with E-state index in [4.69, 9.17) is 9.47 Å². The maximum atomic E-state index is 7.42. The summed E-state index contributed by atoms with van der Waals surface area (Å²) >= 11 is 0. The van der Waals surface area contributed by atoms with Crippen molar-refractivity contribution in [1.82, 2.24) is 0 Å². The molecule has 0 saturated carbocycles. The predicted molar refractivity (Wildman–Crippen MR) is 350 cm³/mol. The minimum absolute atomic E-state index is 0.0657. The monoisotopic (exact) mass is 1090 g/mol. The molecule has 6 aliphatic rings. The van der Waals surface area contributed by atoms with Crippen LogP contribution in [0.2, 0.25) is 0 Å². The second-order valence-electron chi connectivity index (χ2n) is 26.5. The summed E-state index contributed by atoms with van der Waals surface area (Å²) in [6.45, 7) is 13.7. The molecular weight excluding hydrogens is 1030 g/mol. The minimum atomic E-state index is -0.591. The number of hydrogen-bond acceptors (Lipinski definition) is 2. The van der Waals surface area contributed by atoms with E-state index in [1.807, 2.05) is 0 Å². The molecule has 0 aromatic heterocycles. The van der Waals surface area contributed by atoms with Gasteiger partial charge in [0.2, 0.25) is 0 Å². The van der Waals surface area contributed by atoms with Crippen LogP contribution in [0.25, 0.3) is 77.9 Å². The van der Waals surface area contributed by atoms with E-state index in [0.29, 0.717) is 0 Å². The molecule has 2 aliphatic heterocycles. The first-order valence-electron chi connectivity index (χ1n) is 30.3. The average molecular weight is 1090 g/mol. The molecular formula is C82H59BO2. The predicted octanol–water partition coefficient (Wildman–Crippen LogP) is 18.7. The van der Waals surface area contributed by atoms with Gasteiger partial charge >= 0.3 is 0 Å². The molecule has 3 heteroatoms. The first-order chi connectivity index (χ1) is 41.4. The summed E-state index contributed by atoms with van der Waals surface area (Å²) in [5.74, 6) is 3.41. The smallest absolute Gasteiger partial charge is 0.260 e. The van der Waals surface area contributed by atoms with Gasteiger partial charge in [0.15, 0.2) is 0 Å². The first kappa shape index (κ1) is 48.8. The van der Waals surface area contributed by atoms with Crippen LogP contribution in [0.4, 0.5) is 0 Å². The molecule has 4 aliphatic carbocycles. The zero-order chi connectivity index (χ0) is 56.9. The maximum absolute atomic E-state index is 7.42. The van der Waals surface area contributed by atoms with E-state index in [-0.39, 0.29) is 17.5 Å². The Morgan fingerprint density at radius 3 is 0.894 bits per heavy atom. The number of rotatable bonds is 3. The van der Waals surface area contributed by atoms with Gasteiger partial charge in [0.05, 0.1) is 10.8 Å². The average Bonchev–Trinajstić information content (AvgIpc) is 1.98. The molecule has 2 spiro atoms. The molecule has 0 saturated heterocycles. The van der Waals surface area contributed by atoms with Gasteiger partial charge in [0, 0.05) is 5.46 Å². The van der Waals surface area contributed by atoms with Gasteiger partial charge < -0.3 is 9.47 Å². The van der Waals surface area contributed by atoms with Gasteiger partial charge in [-0.2, -0.15) is 0 Å². The molecule has 12 aromatic rings. The van der Waals surface area contributed by atoms with Crippen LogP contribution in [0.15, 0.2) is 249 Å². The van der Waals surface area contributed by atoms with Crippen molar-refractivity contribution in [3.05, 3.63) is 304 Å². The van der Waals surface area contributed by atoms with Gasteiger partial charge in [-0.1, -0.05) is 266 Å². The lowest BCUT2D eigenvalue weighted by Gasteiger charge is -2.36. The van der Waals surface area contributed by atoms with E-state index in [2.05, 4.69) is 290 Å². The summed E-state index contributed by atoms with van der Waals surface area (Å²) in [5, 5.41) is 0. The Kier molecular flexibility index (Phi) is 9.75. The Balaban J connectivity index is 0.964. The van der Waals surface area contributed by atoms with Gasteiger partial charge in [-0.3, -0.25) is 0 Å². The molecule has 0 N–H and O–H groups in total. The van der Waals surface area contributed by atoms with E-state index in [9.17, 15) is 0 Å². The van der Waals surface area contributed by atoms with Crippen LogP contribution in [-0.4, -0.2) is 6.71 Å². The Morgan fingerprint density at radius 1 is 0.282 bits per heavy atom. The van der Waals surface area contributed by atoms with Gasteiger partial charge in [0.25, 0.3) is 6.71 Å². The summed E-state index contributed by atoms with van der Waals surface area (Å²) in [5.41, 5.74) is 32.3. The highest BCUT2D eigenvalue weighted by atomic mass is 16.5. The summed E-state index contributed by atoms with van der Waals surface area (Å²) in [6.07, 6.45) is 0. The molecule has 12 aromatic carbocycles. The molecule has 0 unspecified atom stereocenters. The van der Waals surface area contributed by atoms with Crippen molar-refractivity contribution < 1.29 is 9.47 Å². The van der Waals surface area contributed by atoms with Crippen LogP contribution >= 0.6 is 0 Å². The number of fused-ring (bicyclic) bond motifs is 24. The van der Waals surface area contributed by atoms with Gasteiger partial charge in [-0.05, 0) is 180 Å². The third kappa shape index (κ3) is 6.30. The molecule has 0 fully saturated rings. The zero-order valence-corrected chi connectivity index (χ0v) is 48.6. The van der Waals surface area contributed by atoms with Crippen molar-refractivity contribution in [2.75, 3.05) is 0 Å². The Bertz CT molecular complexity index is 4520. The second-order valence-corrected chi connectivity index (χ2v) is 26.5. The molecule has 0 atom stereocenters. The van der Waals surface area contributed by atoms with Crippen LogP contribution in [0.5, 0.6) is 23.0 Å². The molecule has 18 rings (SSSR count). The largest absolute Gasteiger partial charge is 0.458 e. The van der Waals surface area contributed by atoms with Crippen molar-refractivity contribution in [2.24, 2.45) is 0 Å². The molecule has 0 bridgehead atoms. The van der Waals surface area contributed by atoms with Gasteiger partial charge in [-0.25, -0.2) is 0 Å². The molecule has 402 valence electrons. The topological polar surface area (TPSA) is 18.5 Å². The third-order valence-electron chi connectivity index (χ3n) is 20.2. The normalized spacial score (nSPS) is 14.8. The first-order valence-corrected chi connectivity index (χ1v) is 30.3. The summed E-state index contributed by atoms with van der Waals surface area (Å²) in [7, 11) is 0. The van der Waals surface area contributed by atoms with E-state index in [0.717, 1.165) is 50.7 Å². The highest BCUT2D eigenvalue weighted by molar-refractivity contribution is 6.98. The molecule has 0 radical (unpaired) electrons. The Morgan fingerprint density at radius 2 is 0.565 bits per heavy atom. The summed E-state index contributed by atoms with van der Waals surface area (Å²) in [4.78, 5) is 0. The quantitative estimate of drug-likeness (QED) is 0.164. The Labute approximate surface area is 498 Å². The van der Waals surface area contributed by atoms with Crippen LogP contribution in [0.3, 0.4) is 0 Å². The fourth-order valence-corrected chi connectivity index (χ4v) is 16.7. The van der Waals surface area contributed by atoms with Crippen molar-refractivity contribution >= 4 is 23.1 Å². The summed E-state index contributed by atoms with van der Waals surface area (Å²) < 4.78 is 14.8. The molecule has 85 heavy (non-hydrogen) atoms. The fourth-order valence-electron chi connectivity index (χ4n) is 16.7. The lowest BCUT2D eigenvalue weighted by Crippen LogP contribution is -2.57. The highest BCUT2D eigenvalue weighted by Gasteiger charge is 2.55. The van der Waals surface area contributed by atoms with E-state index >= 15 is 0 Å². The highest BCUT2D eigenvalue weighted by Crippen LogP contribution is 2.67. The van der Waals surface area contributed by atoms with Crippen molar-refractivity contribution in [3.8, 4) is 101 Å². The van der Waals surface area contributed by atoms with Crippen molar-refractivity contribution in [3.63, 3.8) is 0 Å². The van der Waals surface area contributed by atoms with Crippen LogP contribution in [0.1, 0.15) is 97.2 Å². The standard InChI is InChI=1S/C82H59BO2/c1-79(2,3)49-40-42-71-69(46-49)83-70-47-50(80(4,5)6)41-43-72(70)85-74-45-48(44-73(84-71)78(74)83)75-57(61-32-20-30-59-55-26-11-17-38-67(55)81(76(59)61)63-34-13-7-22-51(63)52-23-8-14-35-64(52)81)28-19-29-58(75)62-33-21-31-60-56-27-12-18-39-68(56)82(77(60)62)65-36-15-9-24-53(65)54-25-10-16-37-66(54)82/h7-47H,1-6H3. The minimum Gasteiger partial charge on any atom is -0.458 e. The SMILES string of the molecule is CC(C)(C)c1ccc2c(c1)B1c3cc(C(C)(C)C)ccc3Oc3cc(-c4c(-c5cccc6c5C5(c7ccccc7-c7ccccc75)c5ccccc5-6)cccc4-c4cccc5c4C4(c6ccccc6-c6ccccc64)c4ccccc4-5)cc(c31)O2.